The first-order valence-electron chi connectivity index (χ1n) is 7.35. The maximum atomic E-state index is 11.0. The zero-order chi connectivity index (χ0) is 15.4. The number of ether oxygens (including phenoxy) is 1. The van der Waals surface area contributed by atoms with Gasteiger partial charge in [-0.25, -0.2) is 4.79 Å². The summed E-state index contributed by atoms with van der Waals surface area (Å²) in [6.45, 7) is 9.70. The molecule has 0 aromatic heterocycles. The van der Waals surface area contributed by atoms with E-state index in [9.17, 15) is 4.79 Å². The summed E-state index contributed by atoms with van der Waals surface area (Å²) in [5.74, 6) is -0.0840. The van der Waals surface area contributed by atoms with E-state index < -0.39 is 5.97 Å². The van der Waals surface area contributed by atoms with Crippen molar-refractivity contribution in [3.63, 3.8) is 0 Å². The SMILES string of the molecule is Cc1cc(C(=O)O)cc(C)c1OCCN1CCN(C)CC1. The highest BCUT2D eigenvalue weighted by Gasteiger charge is 2.14. The van der Waals surface area contributed by atoms with Crippen molar-refractivity contribution in [2.75, 3.05) is 46.4 Å². The number of carboxylic acid groups (broad SMARTS) is 1. The van der Waals surface area contributed by atoms with Crippen LogP contribution in [-0.2, 0) is 0 Å². The molecule has 1 aliphatic heterocycles. The number of likely N-dealkylation sites (N-methyl/N-ethyl adjacent to an activating group) is 1. The number of piperazine rings is 1. The third-order valence-electron chi connectivity index (χ3n) is 3.96. The third-order valence-corrected chi connectivity index (χ3v) is 3.96. The highest BCUT2D eigenvalue weighted by Crippen LogP contribution is 2.24. The number of hydrogen-bond donors (Lipinski definition) is 1. The Morgan fingerprint density at radius 1 is 1.19 bits per heavy atom. The van der Waals surface area contributed by atoms with Crippen LogP contribution in [0.3, 0.4) is 0 Å². The number of aryl methyl sites for hydroxylation is 2. The summed E-state index contributed by atoms with van der Waals surface area (Å²) in [6.07, 6.45) is 0. The van der Waals surface area contributed by atoms with Crippen molar-refractivity contribution < 1.29 is 14.6 Å². The third kappa shape index (κ3) is 4.19. The topological polar surface area (TPSA) is 53.0 Å². The van der Waals surface area contributed by atoms with Gasteiger partial charge in [0.2, 0.25) is 0 Å². The average molecular weight is 292 g/mol. The van der Waals surface area contributed by atoms with Crippen molar-refractivity contribution in [1.82, 2.24) is 9.80 Å². The Kier molecular flexibility index (Phi) is 5.20. The van der Waals surface area contributed by atoms with Gasteiger partial charge in [0.1, 0.15) is 12.4 Å². The molecule has 1 saturated heterocycles. The van der Waals surface area contributed by atoms with E-state index in [1.165, 1.54) is 0 Å². The van der Waals surface area contributed by atoms with Crippen LogP contribution in [0.1, 0.15) is 21.5 Å². The minimum Gasteiger partial charge on any atom is -0.492 e. The molecule has 0 spiro atoms. The zero-order valence-corrected chi connectivity index (χ0v) is 13.1. The molecule has 0 amide bonds. The fourth-order valence-electron chi connectivity index (χ4n) is 2.65. The molecule has 1 fully saturated rings. The first-order valence-corrected chi connectivity index (χ1v) is 7.35. The van der Waals surface area contributed by atoms with Crippen LogP contribution in [-0.4, -0.2) is 67.3 Å². The monoisotopic (exact) mass is 292 g/mol. The van der Waals surface area contributed by atoms with Gasteiger partial charge in [-0.3, -0.25) is 4.90 Å². The number of carboxylic acids is 1. The molecule has 5 nitrogen and oxygen atoms in total. The van der Waals surface area contributed by atoms with E-state index >= 15 is 0 Å². The smallest absolute Gasteiger partial charge is 0.335 e. The fraction of sp³-hybridized carbons (Fsp3) is 0.562. The van der Waals surface area contributed by atoms with E-state index in [0.717, 1.165) is 49.6 Å². The Morgan fingerprint density at radius 2 is 1.76 bits per heavy atom. The summed E-state index contributed by atoms with van der Waals surface area (Å²) in [6, 6.07) is 3.33. The predicted molar refractivity (Wildman–Crippen MR) is 82.3 cm³/mol. The van der Waals surface area contributed by atoms with E-state index in [0.29, 0.717) is 12.2 Å². The summed E-state index contributed by atoms with van der Waals surface area (Å²) in [5.41, 5.74) is 2.08. The molecule has 1 N–H and O–H groups in total. The van der Waals surface area contributed by atoms with Crippen LogP contribution in [0.15, 0.2) is 12.1 Å². The second-order valence-corrected chi connectivity index (χ2v) is 5.74. The summed E-state index contributed by atoms with van der Waals surface area (Å²) in [5, 5.41) is 9.04. The van der Waals surface area contributed by atoms with E-state index in [4.69, 9.17) is 9.84 Å². The maximum absolute atomic E-state index is 11.0. The lowest BCUT2D eigenvalue weighted by atomic mass is 10.1. The predicted octanol–water partition coefficient (Wildman–Crippen LogP) is 1.63. The molecular formula is C16H24N2O3. The molecule has 0 aliphatic carbocycles. The van der Waals surface area contributed by atoms with Crippen LogP contribution in [0.2, 0.25) is 0 Å². The second-order valence-electron chi connectivity index (χ2n) is 5.74. The van der Waals surface area contributed by atoms with Crippen LogP contribution < -0.4 is 4.74 Å². The minimum absolute atomic E-state index is 0.316. The zero-order valence-electron chi connectivity index (χ0n) is 13.1. The first kappa shape index (κ1) is 15.8. The number of carbonyl (C=O) groups is 1. The molecule has 0 radical (unpaired) electrons. The van der Waals surface area contributed by atoms with Crippen molar-refractivity contribution in [3.05, 3.63) is 28.8 Å². The van der Waals surface area contributed by atoms with Crippen LogP contribution >= 0.6 is 0 Å². The van der Waals surface area contributed by atoms with E-state index in [1.807, 2.05) is 13.8 Å². The average Bonchev–Trinajstić information content (AvgIpc) is 2.43. The molecule has 0 bridgehead atoms. The van der Waals surface area contributed by atoms with E-state index in [1.54, 1.807) is 12.1 Å². The van der Waals surface area contributed by atoms with Crippen LogP contribution in [0.25, 0.3) is 0 Å². The van der Waals surface area contributed by atoms with Gasteiger partial charge in [-0.2, -0.15) is 0 Å². The second kappa shape index (κ2) is 6.91. The number of hydrogen-bond acceptors (Lipinski definition) is 4. The van der Waals surface area contributed by atoms with Crippen molar-refractivity contribution in [3.8, 4) is 5.75 Å². The van der Waals surface area contributed by atoms with E-state index in [2.05, 4.69) is 16.8 Å². The molecule has 0 saturated carbocycles. The highest BCUT2D eigenvalue weighted by molar-refractivity contribution is 5.88. The molecule has 0 atom stereocenters. The van der Waals surface area contributed by atoms with Gasteiger partial charge in [-0.15, -0.1) is 0 Å². The van der Waals surface area contributed by atoms with Gasteiger partial charge in [0.15, 0.2) is 0 Å². The van der Waals surface area contributed by atoms with Crippen molar-refractivity contribution >= 4 is 5.97 Å². The lowest BCUT2D eigenvalue weighted by Crippen LogP contribution is -2.45. The molecule has 5 heteroatoms. The van der Waals surface area contributed by atoms with Gasteiger partial charge in [-0.05, 0) is 44.2 Å². The molecular weight excluding hydrogens is 268 g/mol. The van der Waals surface area contributed by atoms with Crippen molar-refractivity contribution in [1.29, 1.82) is 0 Å². The van der Waals surface area contributed by atoms with E-state index in [-0.39, 0.29) is 0 Å². The summed E-state index contributed by atoms with van der Waals surface area (Å²) in [7, 11) is 2.14. The Bertz CT molecular complexity index is 485. The lowest BCUT2D eigenvalue weighted by Gasteiger charge is -2.32. The molecule has 21 heavy (non-hydrogen) atoms. The molecule has 2 rings (SSSR count). The molecule has 1 aliphatic rings. The normalized spacial score (nSPS) is 16.9. The largest absolute Gasteiger partial charge is 0.492 e. The number of rotatable bonds is 5. The Morgan fingerprint density at radius 3 is 2.29 bits per heavy atom. The molecule has 1 aromatic rings. The van der Waals surface area contributed by atoms with Crippen LogP contribution in [0.5, 0.6) is 5.75 Å². The lowest BCUT2D eigenvalue weighted by molar-refractivity contribution is 0.0696. The standard InChI is InChI=1S/C16H24N2O3/c1-12-10-14(16(19)20)11-13(2)15(12)21-9-8-18-6-4-17(3)5-7-18/h10-11H,4-9H2,1-3H3,(H,19,20). The maximum Gasteiger partial charge on any atom is 0.335 e. The number of nitrogens with zero attached hydrogens (tertiary/aromatic N) is 2. The Hall–Kier alpha value is -1.59. The van der Waals surface area contributed by atoms with Gasteiger partial charge in [0.25, 0.3) is 0 Å². The quantitative estimate of drug-likeness (QED) is 0.894. The van der Waals surface area contributed by atoms with Gasteiger partial charge < -0.3 is 14.7 Å². The van der Waals surface area contributed by atoms with Gasteiger partial charge >= 0.3 is 5.97 Å². The van der Waals surface area contributed by atoms with Gasteiger partial charge in [0.05, 0.1) is 5.56 Å². The fourth-order valence-corrected chi connectivity index (χ4v) is 2.65. The first-order chi connectivity index (χ1) is 9.97. The molecule has 0 unspecified atom stereocenters. The van der Waals surface area contributed by atoms with Crippen LogP contribution in [0.4, 0.5) is 0 Å². The molecule has 1 aromatic carbocycles. The summed E-state index contributed by atoms with van der Waals surface area (Å²) < 4.78 is 5.88. The Balaban J connectivity index is 1.90. The molecule has 116 valence electrons. The van der Waals surface area contributed by atoms with Gasteiger partial charge in [0, 0.05) is 32.7 Å². The van der Waals surface area contributed by atoms with Gasteiger partial charge in [-0.1, -0.05) is 0 Å². The number of benzene rings is 1. The summed E-state index contributed by atoms with van der Waals surface area (Å²) in [4.78, 5) is 15.7. The highest BCUT2D eigenvalue weighted by atomic mass is 16.5. The Labute approximate surface area is 126 Å². The van der Waals surface area contributed by atoms with Crippen molar-refractivity contribution in [2.45, 2.75) is 13.8 Å². The van der Waals surface area contributed by atoms with Crippen LogP contribution in [0, 0.1) is 13.8 Å². The summed E-state index contributed by atoms with van der Waals surface area (Å²) >= 11 is 0. The molecule has 1 heterocycles. The van der Waals surface area contributed by atoms with Crippen molar-refractivity contribution in [2.24, 2.45) is 0 Å². The minimum atomic E-state index is -0.898. The number of aromatic carboxylic acids is 1.